The molecule has 0 amide bonds. The summed E-state index contributed by atoms with van der Waals surface area (Å²) in [6, 6.07) is 0. The first-order chi connectivity index (χ1) is 5.06. The van der Waals surface area contributed by atoms with E-state index in [1.54, 1.807) is 12.3 Å². The van der Waals surface area contributed by atoms with Crippen molar-refractivity contribution in [1.29, 1.82) is 0 Å². The first-order valence-electron chi connectivity index (χ1n) is 3.07. The zero-order valence-corrected chi connectivity index (χ0v) is 6.79. The van der Waals surface area contributed by atoms with Crippen molar-refractivity contribution >= 4 is 11.3 Å². The van der Waals surface area contributed by atoms with Crippen LogP contribution in [0.15, 0.2) is 5.38 Å². The zero-order valence-electron chi connectivity index (χ0n) is 5.97. The fraction of sp³-hybridized carbons (Fsp3) is 0.500. The maximum Gasteiger partial charge on any atom is 0.310 e. The molecule has 1 rings (SSSR count). The van der Waals surface area contributed by atoms with Crippen molar-refractivity contribution in [2.75, 3.05) is 6.54 Å². The molecule has 0 atom stereocenters. The minimum Gasteiger partial charge on any atom is -0.325 e. The lowest BCUT2D eigenvalue weighted by atomic mass is 10.3. The van der Waals surface area contributed by atoms with Gasteiger partial charge in [0.15, 0.2) is 5.01 Å². The number of thiazole rings is 1. The van der Waals surface area contributed by atoms with Crippen LogP contribution in [-0.2, 0) is 5.92 Å². The van der Waals surface area contributed by atoms with E-state index in [0.29, 0.717) is 5.69 Å². The Morgan fingerprint density at radius 1 is 1.73 bits per heavy atom. The van der Waals surface area contributed by atoms with Crippen LogP contribution in [0.4, 0.5) is 8.78 Å². The van der Waals surface area contributed by atoms with E-state index in [-0.39, 0.29) is 5.01 Å². The van der Waals surface area contributed by atoms with Crippen molar-refractivity contribution in [3.8, 4) is 0 Å². The second-order valence-corrected chi connectivity index (χ2v) is 3.06. The molecule has 5 heteroatoms. The van der Waals surface area contributed by atoms with Gasteiger partial charge in [-0.1, -0.05) is 0 Å². The van der Waals surface area contributed by atoms with Gasteiger partial charge in [-0.3, -0.25) is 0 Å². The van der Waals surface area contributed by atoms with E-state index in [1.165, 1.54) is 0 Å². The van der Waals surface area contributed by atoms with Gasteiger partial charge in [0.1, 0.15) is 0 Å². The molecule has 0 radical (unpaired) electrons. The Morgan fingerprint density at radius 3 is 2.73 bits per heavy atom. The molecule has 1 aromatic heterocycles. The van der Waals surface area contributed by atoms with Gasteiger partial charge < -0.3 is 5.73 Å². The van der Waals surface area contributed by atoms with Crippen molar-refractivity contribution in [2.45, 2.75) is 12.8 Å². The third kappa shape index (κ3) is 1.72. The van der Waals surface area contributed by atoms with Gasteiger partial charge in [0.05, 0.1) is 6.54 Å². The van der Waals surface area contributed by atoms with Crippen molar-refractivity contribution in [3.05, 3.63) is 16.1 Å². The SMILES string of the molecule is Cc1csc(C(F)(F)CN)n1. The summed E-state index contributed by atoms with van der Waals surface area (Å²) in [5.41, 5.74) is 5.47. The molecule has 0 spiro atoms. The molecule has 11 heavy (non-hydrogen) atoms. The highest BCUT2D eigenvalue weighted by Crippen LogP contribution is 2.28. The topological polar surface area (TPSA) is 38.9 Å². The van der Waals surface area contributed by atoms with Crippen molar-refractivity contribution < 1.29 is 8.78 Å². The minimum atomic E-state index is -2.96. The number of aromatic nitrogens is 1. The fourth-order valence-corrected chi connectivity index (χ4v) is 1.40. The molecule has 0 aromatic carbocycles. The maximum atomic E-state index is 12.7. The number of hydrogen-bond acceptors (Lipinski definition) is 3. The predicted octanol–water partition coefficient (Wildman–Crippen LogP) is 1.50. The van der Waals surface area contributed by atoms with Crippen molar-refractivity contribution in [2.24, 2.45) is 5.73 Å². The Balaban J connectivity index is 2.92. The van der Waals surface area contributed by atoms with Crippen LogP contribution >= 0.6 is 11.3 Å². The molecule has 0 aliphatic carbocycles. The highest BCUT2D eigenvalue weighted by atomic mass is 32.1. The third-order valence-electron chi connectivity index (χ3n) is 1.19. The van der Waals surface area contributed by atoms with Gasteiger partial charge in [0.25, 0.3) is 0 Å². The second-order valence-electron chi connectivity index (χ2n) is 2.20. The summed E-state index contributed by atoms with van der Waals surface area (Å²) in [4.78, 5) is 3.64. The third-order valence-corrected chi connectivity index (χ3v) is 2.26. The van der Waals surface area contributed by atoms with Crippen LogP contribution in [0.3, 0.4) is 0 Å². The van der Waals surface area contributed by atoms with Gasteiger partial charge in [0.2, 0.25) is 0 Å². The Labute approximate surface area is 67.1 Å². The number of nitrogens with zero attached hydrogens (tertiary/aromatic N) is 1. The van der Waals surface area contributed by atoms with E-state index in [1.807, 2.05) is 0 Å². The molecule has 0 aliphatic rings. The molecule has 0 saturated carbocycles. The average Bonchev–Trinajstić information content (AvgIpc) is 2.36. The van der Waals surface area contributed by atoms with E-state index in [4.69, 9.17) is 5.73 Å². The Bertz CT molecular complexity index is 246. The molecular weight excluding hydrogens is 170 g/mol. The standard InChI is InChI=1S/C6H8F2N2S/c1-4-2-11-5(10-4)6(7,8)3-9/h2H,3,9H2,1H3. The lowest BCUT2D eigenvalue weighted by molar-refractivity contribution is 0.00563. The van der Waals surface area contributed by atoms with Crippen LogP contribution in [0, 0.1) is 6.92 Å². The van der Waals surface area contributed by atoms with Gasteiger partial charge in [-0.25, -0.2) is 4.98 Å². The normalized spacial score (nSPS) is 12.0. The first-order valence-corrected chi connectivity index (χ1v) is 3.95. The number of aryl methyl sites for hydroxylation is 1. The largest absolute Gasteiger partial charge is 0.325 e. The van der Waals surface area contributed by atoms with E-state index in [0.717, 1.165) is 11.3 Å². The molecule has 1 aromatic rings. The lowest BCUT2D eigenvalue weighted by Crippen LogP contribution is -2.24. The van der Waals surface area contributed by atoms with Gasteiger partial charge in [0, 0.05) is 11.1 Å². The molecule has 0 bridgehead atoms. The fourth-order valence-electron chi connectivity index (χ4n) is 0.609. The van der Waals surface area contributed by atoms with Crippen LogP contribution in [-0.4, -0.2) is 11.5 Å². The van der Waals surface area contributed by atoms with Crippen LogP contribution in [0.25, 0.3) is 0 Å². The van der Waals surface area contributed by atoms with Crippen LogP contribution < -0.4 is 5.73 Å². The molecule has 1 heterocycles. The number of halogens is 2. The second kappa shape index (κ2) is 2.83. The molecule has 2 nitrogen and oxygen atoms in total. The van der Waals surface area contributed by atoms with Crippen LogP contribution in [0.2, 0.25) is 0 Å². The van der Waals surface area contributed by atoms with E-state index >= 15 is 0 Å². The highest BCUT2D eigenvalue weighted by Gasteiger charge is 2.32. The monoisotopic (exact) mass is 178 g/mol. The van der Waals surface area contributed by atoms with Gasteiger partial charge in [-0.2, -0.15) is 8.78 Å². The van der Waals surface area contributed by atoms with Gasteiger partial charge >= 0.3 is 5.92 Å². The van der Waals surface area contributed by atoms with E-state index in [2.05, 4.69) is 4.98 Å². The molecular formula is C6H8F2N2S. The van der Waals surface area contributed by atoms with Crippen LogP contribution in [0.1, 0.15) is 10.7 Å². The summed E-state index contributed by atoms with van der Waals surface area (Å²) >= 11 is 0.940. The van der Waals surface area contributed by atoms with Gasteiger partial charge in [-0.05, 0) is 6.92 Å². The minimum absolute atomic E-state index is 0.197. The lowest BCUT2D eigenvalue weighted by Gasteiger charge is -2.08. The Hall–Kier alpha value is -0.550. The van der Waals surface area contributed by atoms with Crippen LogP contribution in [0.5, 0.6) is 0 Å². The summed E-state index contributed by atoms with van der Waals surface area (Å²) in [7, 11) is 0. The van der Waals surface area contributed by atoms with Crippen molar-refractivity contribution in [3.63, 3.8) is 0 Å². The average molecular weight is 178 g/mol. The summed E-state index contributed by atoms with van der Waals surface area (Å²) in [6.45, 7) is 0.993. The summed E-state index contributed by atoms with van der Waals surface area (Å²) < 4.78 is 25.4. The number of rotatable bonds is 2. The summed E-state index contributed by atoms with van der Waals surface area (Å²) in [6.07, 6.45) is 0. The molecule has 0 unspecified atom stereocenters. The molecule has 62 valence electrons. The molecule has 0 fully saturated rings. The number of alkyl halides is 2. The smallest absolute Gasteiger partial charge is 0.310 e. The molecule has 0 aliphatic heterocycles. The zero-order chi connectivity index (χ0) is 8.48. The quantitative estimate of drug-likeness (QED) is 0.745. The predicted molar refractivity (Wildman–Crippen MR) is 39.8 cm³/mol. The number of nitrogens with two attached hydrogens (primary N) is 1. The first kappa shape index (κ1) is 8.55. The molecule has 0 saturated heterocycles. The van der Waals surface area contributed by atoms with E-state index < -0.39 is 12.5 Å². The molecule has 2 N–H and O–H groups in total. The van der Waals surface area contributed by atoms with E-state index in [9.17, 15) is 8.78 Å². The Morgan fingerprint density at radius 2 is 2.36 bits per heavy atom. The summed E-state index contributed by atoms with van der Waals surface area (Å²) in [5, 5.41) is 1.39. The maximum absolute atomic E-state index is 12.7. The Kier molecular flexibility index (Phi) is 2.20. The van der Waals surface area contributed by atoms with Gasteiger partial charge in [-0.15, -0.1) is 11.3 Å². The highest BCUT2D eigenvalue weighted by molar-refractivity contribution is 7.09. The number of hydrogen-bond donors (Lipinski definition) is 1. The summed E-state index contributed by atoms with van der Waals surface area (Å²) in [5.74, 6) is -2.96. The van der Waals surface area contributed by atoms with Crippen molar-refractivity contribution in [1.82, 2.24) is 4.98 Å².